The highest BCUT2D eigenvalue weighted by atomic mass is 16.5. The van der Waals surface area contributed by atoms with Gasteiger partial charge >= 0.3 is 0 Å². The lowest BCUT2D eigenvalue weighted by molar-refractivity contribution is 0.355. The van der Waals surface area contributed by atoms with Crippen molar-refractivity contribution in [2.75, 3.05) is 12.0 Å². The van der Waals surface area contributed by atoms with E-state index in [0.29, 0.717) is 6.61 Å². The van der Waals surface area contributed by atoms with E-state index >= 15 is 0 Å². The SMILES string of the molecule is C/C=C\C(=C/C)COc1ccc(NN)cc1. The number of hydrogen-bond acceptors (Lipinski definition) is 3. The van der Waals surface area contributed by atoms with Crippen molar-refractivity contribution in [3.8, 4) is 5.75 Å². The van der Waals surface area contributed by atoms with Crippen LogP contribution in [0.4, 0.5) is 5.69 Å². The second-order valence-electron chi connectivity index (χ2n) is 3.32. The molecule has 0 aliphatic rings. The van der Waals surface area contributed by atoms with Crippen LogP contribution < -0.4 is 16.0 Å². The molecule has 1 aromatic rings. The highest BCUT2D eigenvalue weighted by Gasteiger charge is 1.95. The molecular weight excluding hydrogens is 200 g/mol. The first-order chi connectivity index (χ1) is 7.80. The molecule has 3 heteroatoms. The summed E-state index contributed by atoms with van der Waals surface area (Å²) in [5, 5.41) is 0. The zero-order valence-corrected chi connectivity index (χ0v) is 9.73. The number of benzene rings is 1. The minimum atomic E-state index is 0.580. The molecule has 0 saturated carbocycles. The predicted octanol–water partition coefficient (Wildman–Crippen LogP) is 2.87. The Hall–Kier alpha value is -1.74. The number of anilines is 1. The molecule has 0 atom stereocenters. The van der Waals surface area contributed by atoms with Crippen LogP contribution in [-0.2, 0) is 0 Å². The number of ether oxygens (including phenoxy) is 1. The average molecular weight is 218 g/mol. The summed E-state index contributed by atoms with van der Waals surface area (Å²) in [6.45, 7) is 4.57. The van der Waals surface area contributed by atoms with E-state index in [1.807, 2.05) is 56.3 Å². The average Bonchev–Trinajstić information content (AvgIpc) is 2.35. The fraction of sp³-hybridized carbons (Fsp3) is 0.231. The largest absolute Gasteiger partial charge is 0.489 e. The van der Waals surface area contributed by atoms with Crippen molar-refractivity contribution in [1.29, 1.82) is 0 Å². The second-order valence-corrected chi connectivity index (χ2v) is 3.32. The van der Waals surface area contributed by atoms with Crippen molar-refractivity contribution in [1.82, 2.24) is 0 Å². The molecule has 0 unspecified atom stereocenters. The van der Waals surface area contributed by atoms with Crippen LogP contribution >= 0.6 is 0 Å². The van der Waals surface area contributed by atoms with Gasteiger partial charge in [-0.1, -0.05) is 18.2 Å². The standard InChI is InChI=1S/C13H18N2O/c1-3-5-11(4-2)10-16-13-8-6-12(15-14)7-9-13/h3-9,15H,10,14H2,1-2H3/b5-3-,11-4+. The molecular formula is C13H18N2O. The van der Waals surface area contributed by atoms with E-state index in [0.717, 1.165) is 17.0 Å². The Kier molecular flexibility index (Phi) is 5.16. The van der Waals surface area contributed by atoms with Gasteiger partial charge < -0.3 is 10.2 Å². The van der Waals surface area contributed by atoms with Gasteiger partial charge in [-0.2, -0.15) is 0 Å². The van der Waals surface area contributed by atoms with Gasteiger partial charge in [0.05, 0.1) is 0 Å². The van der Waals surface area contributed by atoms with E-state index in [2.05, 4.69) is 5.43 Å². The van der Waals surface area contributed by atoms with E-state index < -0.39 is 0 Å². The summed E-state index contributed by atoms with van der Waals surface area (Å²) in [4.78, 5) is 0. The van der Waals surface area contributed by atoms with Crippen LogP contribution in [0.3, 0.4) is 0 Å². The smallest absolute Gasteiger partial charge is 0.119 e. The fourth-order valence-electron chi connectivity index (χ4n) is 1.26. The molecule has 1 rings (SSSR count). The molecule has 0 aromatic heterocycles. The maximum Gasteiger partial charge on any atom is 0.119 e. The van der Waals surface area contributed by atoms with Crippen molar-refractivity contribution in [3.05, 3.63) is 48.1 Å². The maximum absolute atomic E-state index is 5.62. The van der Waals surface area contributed by atoms with Gasteiger partial charge in [0.1, 0.15) is 12.4 Å². The maximum atomic E-state index is 5.62. The van der Waals surface area contributed by atoms with Crippen LogP contribution in [0.2, 0.25) is 0 Å². The van der Waals surface area contributed by atoms with Crippen molar-refractivity contribution in [3.63, 3.8) is 0 Å². The molecule has 0 heterocycles. The Labute approximate surface area is 96.6 Å². The molecule has 1 aromatic carbocycles. The van der Waals surface area contributed by atoms with Crippen LogP contribution in [0.5, 0.6) is 5.75 Å². The molecule has 0 amide bonds. The first-order valence-electron chi connectivity index (χ1n) is 5.27. The Morgan fingerprint density at radius 1 is 1.31 bits per heavy atom. The number of nitrogens with two attached hydrogens (primary N) is 1. The van der Waals surface area contributed by atoms with Gasteiger partial charge in [0.15, 0.2) is 0 Å². The number of allylic oxidation sites excluding steroid dienone is 2. The van der Waals surface area contributed by atoms with Crippen LogP contribution in [0, 0.1) is 0 Å². The second kappa shape index (κ2) is 6.69. The fourth-order valence-corrected chi connectivity index (χ4v) is 1.26. The van der Waals surface area contributed by atoms with E-state index in [1.54, 1.807) is 0 Å². The number of hydrazine groups is 1. The summed E-state index contributed by atoms with van der Waals surface area (Å²) in [6.07, 6.45) is 6.08. The molecule has 0 radical (unpaired) electrons. The lowest BCUT2D eigenvalue weighted by Gasteiger charge is -2.07. The lowest BCUT2D eigenvalue weighted by atomic mass is 10.2. The lowest BCUT2D eigenvalue weighted by Crippen LogP contribution is -2.06. The molecule has 0 aliphatic carbocycles. The quantitative estimate of drug-likeness (QED) is 0.454. The summed E-state index contributed by atoms with van der Waals surface area (Å²) >= 11 is 0. The number of rotatable bonds is 5. The molecule has 3 N–H and O–H groups in total. The highest BCUT2D eigenvalue weighted by Crippen LogP contribution is 2.15. The zero-order valence-electron chi connectivity index (χ0n) is 9.73. The number of nitrogens with one attached hydrogen (secondary N) is 1. The molecule has 0 spiro atoms. The Balaban J connectivity index is 2.54. The van der Waals surface area contributed by atoms with Crippen molar-refractivity contribution < 1.29 is 4.74 Å². The molecule has 16 heavy (non-hydrogen) atoms. The van der Waals surface area contributed by atoms with Crippen LogP contribution in [0.15, 0.2) is 48.1 Å². The third-order valence-corrected chi connectivity index (χ3v) is 2.18. The Morgan fingerprint density at radius 2 is 2.00 bits per heavy atom. The van der Waals surface area contributed by atoms with Gasteiger partial charge in [-0.25, -0.2) is 0 Å². The normalized spacial score (nSPS) is 11.8. The monoisotopic (exact) mass is 218 g/mol. The van der Waals surface area contributed by atoms with Gasteiger partial charge in [0, 0.05) is 5.69 Å². The highest BCUT2D eigenvalue weighted by molar-refractivity contribution is 5.45. The van der Waals surface area contributed by atoms with Gasteiger partial charge in [-0.05, 0) is 43.7 Å². The predicted molar refractivity (Wildman–Crippen MR) is 68.3 cm³/mol. The summed E-state index contributed by atoms with van der Waals surface area (Å²) in [7, 11) is 0. The number of hydrogen-bond donors (Lipinski definition) is 2. The van der Waals surface area contributed by atoms with Gasteiger partial charge in [-0.15, -0.1) is 0 Å². The first-order valence-corrected chi connectivity index (χ1v) is 5.27. The molecule has 0 fully saturated rings. The number of nitrogen functional groups attached to an aromatic ring is 1. The molecule has 0 bridgehead atoms. The van der Waals surface area contributed by atoms with E-state index in [9.17, 15) is 0 Å². The van der Waals surface area contributed by atoms with Crippen LogP contribution in [0.25, 0.3) is 0 Å². The molecule has 3 nitrogen and oxygen atoms in total. The van der Waals surface area contributed by atoms with Crippen LogP contribution in [0.1, 0.15) is 13.8 Å². The topological polar surface area (TPSA) is 47.3 Å². The molecule has 0 saturated heterocycles. The Bertz CT molecular complexity index is 366. The van der Waals surface area contributed by atoms with Crippen molar-refractivity contribution >= 4 is 5.69 Å². The first kappa shape index (κ1) is 12.3. The zero-order chi connectivity index (χ0) is 11.8. The van der Waals surface area contributed by atoms with Gasteiger partial charge in [0.2, 0.25) is 0 Å². The summed E-state index contributed by atoms with van der Waals surface area (Å²) in [5.74, 6) is 6.11. The van der Waals surface area contributed by atoms with Crippen molar-refractivity contribution in [2.24, 2.45) is 5.84 Å². The minimum absolute atomic E-state index is 0.580. The van der Waals surface area contributed by atoms with E-state index in [4.69, 9.17) is 10.6 Å². The summed E-state index contributed by atoms with van der Waals surface area (Å²) in [5.41, 5.74) is 4.60. The van der Waals surface area contributed by atoms with Crippen molar-refractivity contribution in [2.45, 2.75) is 13.8 Å². The third-order valence-electron chi connectivity index (χ3n) is 2.18. The van der Waals surface area contributed by atoms with Gasteiger partial charge in [-0.3, -0.25) is 5.84 Å². The van der Waals surface area contributed by atoms with E-state index in [1.165, 1.54) is 0 Å². The summed E-state index contributed by atoms with van der Waals surface area (Å²) in [6, 6.07) is 7.52. The molecule has 0 aliphatic heterocycles. The van der Waals surface area contributed by atoms with E-state index in [-0.39, 0.29) is 0 Å². The molecule has 86 valence electrons. The van der Waals surface area contributed by atoms with Crippen LogP contribution in [-0.4, -0.2) is 6.61 Å². The Morgan fingerprint density at radius 3 is 2.50 bits per heavy atom. The minimum Gasteiger partial charge on any atom is -0.489 e. The summed E-state index contributed by atoms with van der Waals surface area (Å²) < 4.78 is 5.62. The van der Waals surface area contributed by atoms with Gasteiger partial charge in [0.25, 0.3) is 0 Å². The third kappa shape index (κ3) is 3.79.